The summed E-state index contributed by atoms with van der Waals surface area (Å²) in [6.07, 6.45) is 5.09. The van der Waals surface area contributed by atoms with Gasteiger partial charge < -0.3 is 5.32 Å². The number of hydrogen-bond acceptors (Lipinski definition) is 4. The van der Waals surface area contributed by atoms with Crippen LogP contribution in [0.4, 0.5) is 11.4 Å². The summed E-state index contributed by atoms with van der Waals surface area (Å²) in [5.74, 6) is 0.258. The zero-order valence-electron chi connectivity index (χ0n) is 11.4. The lowest BCUT2D eigenvalue weighted by Crippen LogP contribution is -2.48. The number of nitro groups is 1. The lowest BCUT2D eigenvalue weighted by Gasteiger charge is -2.43. The number of benzene rings is 1. The summed E-state index contributed by atoms with van der Waals surface area (Å²) in [5, 5.41) is 15.0. The molecule has 0 bridgehead atoms. The molecule has 1 unspecified atom stereocenters. The molecular weight excluding hydrogens is 254 g/mol. The van der Waals surface area contributed by atoms with Crippen molar-refractivity contribution in [2.75, 3.05) is 6.54 Å². The van der Waals surface area contributed by atoms with E-state index in [4.69, 9.17) is 0 Å². The van der Waals surface area contributed by atoms with Crippen LogP contribution in [-0.4, -0.2) is 23.7 Å². The van der Waals surface area contributed by atoms with Gasteiger partial charge in [0, 0.05) is 35.2 Å². The van der Waals surface area contributed by atoms with E-state index in [1.54, 1.807) is 12.1 Å². The maximum Gasteiger partial charge on any atom is 0.273 e. The van der Waals surface area contributed by atoms with Crippen LogP contribution in [0.15, 0.2) is 17.1 Å². The molecule has 4 rings (SSSR count). The van der Waals surface area contributed by atoms with Crippen molar-refractivity contribution in [1.29, 1.82) is 0 Å². The van der Waals surface area contributed by atoms with Crippen molar-refractivity contribution in [3.63, 3.8) is 0 Å². The van der Waals surface area contributed by atoms with Crippen LogP contribution in [0, 0.1) is 10.1 Å². The fraction of sp³-hybridized carbons (Fsp3) is 0.533. The number of nitro benzene ring substituents is 1. The summed E-state index contributed by atoms with van der Waals surface area (Å²) in [6.45, 7) is 3.17. The highest BCUT2D eigenvalue weighted by Gasteiger charge is 2.48. The van der Waals surface area contributed by atoms with Gasteiger partial charge in [0.05, 0.1) is 10.6 Å². The van der Waals surface area contributed by atoms with Crippen LogP contribution in [0.5, 0.6) is 0 Å². The first kappa shape index (κ1) is 12.0. The van der Waals surface area contributed by atoms with Crippen LogP contribution in [0.3, 0.4) is 0 Å². The maximum atomic E-state index is 11.4. The molecule has 0 radical (unpaired) electrons. The molecule has 1 saturated heterocycles. The predicted molar refractivity (Wildman–Crippen MR) is 77.0 cm³/mol. The number of fused-ring (bicyclic) bond motifs is 2. The summed E-state index contributed by atoms with van der Waals surface area (Å²) in [7, 11) is 0. The van der Waals surface area contributed by atoms with Crippen molar-refractivity contribution in [1.82, 2.24) is 5.32 Å². The third-order valence-electron chi connectivity index (χ3n) is 5.06. The van der Waals surface area contributed by atoms with Crippen molar-refractivity contribution in [3.8, 4) is 0 Å². The molecule has 0 amide bonds. The molecule has 3 atom stereocenters. The highest BCUT2D eigenvalue weighted by atomic mass is 16.6. The molecule has 1 fully saturated rings. The zero-order chi connectivity index (χ0) is 13.9. The van der Waals surface area contributed by atoms with Gasteiger partial charge in [-0.3, -0.25) is 15.1 Å². The van der Waals surface area contributed by atoms with Crippen LogP contribution < -0.4 is 5.32 Å². The number of aliphatic imine (C=N–C) groups is 1. The molecule has 0 saturated carbocycles. The Balaban J connectivity index is 1.99. The second kappa shape index (κ2) is 3.88. The number of hydrogen-bond donors (Lipinski definition) is 1. The molecule has 0 aromatic heterocycles. The van der Waals surface area contributed by atoms with Crippen LogP contribution >= 0.6 is 0 Å². The first-order valence-electron chi connectivity index (χ1n) is 7.20. The van der Waals surface area contributed by atoms with E-state index in [0.717, 1.165) is 42.6 Å². The average Bonchev–Trinajstić information content (AvgIpc) is 2.77. The van der Waals surface area contributed by atoms with Crippen LogP contribution in [0.1, 0.15) is 43.2 Å². The number of nitrogens with zero attached hydrogens (tertiary/aromatic N) is 2. The van der Waals surface area contributed by atoms with E-state index in [9.17, 15) is 10.1 Å². The predicted octanol–water partition coefficient (Wildman–Crippen LogP) is 2.81. The summed E-state index contributed by atoms with van der Waals surface area (Å²) >= 11 is 0. The van der Waals surface area contributed by atoms with Crippen LogP contribution in [0.2, 0.25) is 0 Å². The topological polar surface area (TPSA) is 67.5 Å². The standard InChI is InChI=1S/C15H17N3O2/c1-15-7-11-9(3-2-6-16-11)13-12(18(19)20)5-4-10(14(13)15)17-8-15/h4-5,8-9,11,16H,2-3,6-7H2,1H3/t9-,11+,15?/m0/s1. The van der Waals surface area contributed by atoms with Gasteiger partial charge in [0.25, 0.3) is 5.69 Å². The summed E-state index contributed by atoms with van der Waals surface area (Å²) in [4.78, 5) is 15.7. The van der Waals surface area contributed by atoms with Gasteiger partial charge in [-0.2, -0.15) is 0 Å². The molecule has 2 aliphatic heterocycles. The molecule has 0 spiro atoms. The van der Waals surface area contributed by atoms with E-state index in [-0.39, 0.29) is 21.9 Å². The first-order valence-corrected chi connectivity index (χ1v) is 7.20. The highest BCUT2D eigenvalue weighted by molar-refractivity contribution is 5.88. The second-order valence-electron chi connectivity index (χ2n) is 6.34. The third-order valence-corrected chi connectivity index (χ3v) is 5.06. The second-order valence-corrected chi connectivity index (χ2v) is 6.34. The average molecular weight is 271 g/mol. The Morgan fingerprint density at radius 3 is 3.15 bits per heavy atom. The Morgan fingerprint density at radius 2 is 2.35 bits per heavy atom. The van der Waals surface area contributed by atoms with E-state index in [1.807, 2.05) is 6.21 Å². The Hall–Kier alpha value is -1.75. The van der Waals surface area contributed by atoms with Crippen LogP contribution in [-0.2, 0) is 5.41 Å². The molecule has 2 heterocycles. The number of piperidine rings is 1. The Kier molecular flexibility index (Phi) is 2.33. The summed E-state index contributed by atoms with van der Waals surface area (Å²) < 4.78 is 0. The van der Waals surface area contributed by atoms with Crippen molar-refractivity contribution < 1.29 is 4.92 Å². The molecule has 5 nitrogen and oxygen atoms in total. The van der Waals surface area contributed by atoms with Gasteiger partial charge >= 0.3 is 0 Å². The van der Waals surface area contributed by atoms with Crippen molar-refractivity contribution in [2.45, 2.75) is 43.6 Å². The van der Waals surface area contributed by atoms with Gasteiger partial charge in [-0.05, 0) is 37.4 Å². The molecule has 5 heteroatoms. The molecule has 20 heavy (non-hydrogen) atoms. The monoisotopic (exact) mass is 271 g/mol. The van der Waals surface area contributed by atoms with E-state index in [0.29, 0.717) is 6.04 Å². The fourth-order valence-electron chi connectivity index (χ4n) is 4.24. The van der Waals surface area contributed by atoms with E-state index >= 15 is 0 Å². The van der Waals surface area contributed by atoms with Gasteiger partial charge in [0.15, 0.2) is 0 Å². The molecule has 1 aromatic carbocycles. The quantitative estimate of drug-likeness (QED) is 0.631. The normalized spacial score (nSPS) is 33.6. The fourth-order valence-corrected chi connectivity index (χ4v) is 4.24. The SMILES string of the molecule is CC12C=Nc3ccc([N+](=O)[O-])c(c31)[C@H]1CCCN[C@@H]1C2. The molecule has 104 valence electrons. The molecule has 1 aliphatic carbocycles. The van der Waals surface area contributed by atoms with Crippen LogP contribution in [0.25, 0.3) is 0 Å². The zero-order valence-corrected chi connectivity index (χ0v) is 11.4. The smallest absolute Gasteiger partial charge is 0.273 e. The molecular formula is C15H17N3O2. The molecule has 3 aliphatic rings. The Labute approximate surface area is 117 Å². The highest BCUT2D eigenvalue weighted by Crippen LogP contribution is 2.54. The first-order chi connectivity index (χ1) is 9.60. The Morgan fingerprint density at radius 1 is 1.50 bits per heavy atom. The van der Waals surface area contributed by atoms with Gasteiger partial charge in [-0.1, -0.05) is 6.92 Å². The van der Waals surface area contributed by atoms with Gasteiger partial charge in [0.1, 0.15) is 0 Å². The van der Waals surface area contributed by atoms with Crippen molar-refractivity contribution in [3.05, 3.63) is 33.4 Å². The largest absolute Gasteiger partial charge is 0.313 e. The van der Waals surface area contributed by atoms with Crippen molar-refractivity contribution >= 4 is 17.6 Å². The minimum Gasteiger partial charge on any atom is -0.313 e. The number of nitrogens with one attached hydrogen (secondary N) is 1. The minimum absolute atomic E-state index is 0.151. The molecule has 1 N–H and O–H groups in total. The van der Waals surface area contributed by atoms with Crippen molar-refractivity contribution in [2.24, 2.45) is 4.99 Å². The van der Waals surface area contributed by atoms with E-state index < -0.39 is 0 Å². The van der Waals surface area contributed by atoms with E-state index in [1.165, 1.54) is 0 Å². The lowest BCUT2D eigenvalue weighted by molar-refractivity contribution is -0.386. The summed E-state index contributed by atoms with van der Waals surface area (Å²) in [6, 6.07) is 3.77. The van der Waals surface area contributed by atoms with Gasteiger partial charge in [-0.25, -0.2) is 0 Å². The number of rotatable bonds is 1. The lowest BCUT2D eigenvalue weighted by atomic mass is 9.64. The minimum atomic E-state index is -0.231. The third kappa shape index (κ3) is 1.44. The van der Waals surface area contributed by atoms with Gasteiger partial charge in [0.2, 0.25) is 0 Å². The van der Waals surface area contributed by atoms with E-state index in [2.05, 4.69) is 17.2 Å². The maximum absolute atomic E-state index is 11.4. The summed E-state index contributed by atoms with van der Waals surface area (Å²) in [5.41, 5.74) is 3.10. The Bertz CT molecular complexity index is 640. The van der Waals surface area contributed by atoms with Gasteiger partial charge in [-0.15, -0.1) is 0 Å². The molecule has 1 aromatic rings.